The third-order valence-corrected chi connectivity index (χ3v) is 13.0. The lowest BCUT2D eigenvalue weighted by Crippen LogP contribution is -2.61. The number of ether oxygens (including phenoxy) is 5. The molecule has 5 rings (SSSR count). The number of methoxy groups -OCH3 is 1. The Kier molecular flexibility index (Phi) is 14.6. The van der Waals surface area contributed by atoms with Crippen molar-refractivity contribution in [3.63, 3.8) is 0 Å². The van der Waals surface area contributed by atoms with E-state index in [4.69, 9.17) is 29.4 Å². The Morgan fingerprint density at radius 3 is 2.37 bits per heavy atom. The number of amides is 1. The molecule has 4 heterocycles. The average Bonchev–Trinajstić information content (AvgIpc) is 3.78. The number of nitrogen functional groups attached to an aromatic ring is 1. The number of esters is 1. The van der Waals surface area contributed by atoms with Crippen LogP contribution in [0.2, 0.25) is 0 Å². The number of nitrogens with zero attached hydrogens (tertiary/aromatic N) is 3. The van der Waals surface area contributed by atoms with Gasteiger partial charge in [0.25, 0.3) is 5.67 Å². The number of nitrogens with one attached hydrogen (secondary N) is 2. The number of fused-ring (bicyclic) bond motifs is 1. The zero-order valence-electron chi connectivity index (χ0n) is 37.0. The number of carbonyl (C=O) groups excluding carboxylic acids is 4. The maximum atomic E-state index is 16.9. The molecule has 1 aromatic rings. The monoisotopic (exact) mass is 846 g/mol. The van der Waals surface area contributed by atoms with E-state index < -0.39 is 83.1 Å². The number of benzene rings is 1. The van der Waals surface area contributed by atoms with Crippen molar-refractivity contribution < 1.29 is 52.4 Å². The summed E-state index contributed by atoms with van der Waals surface area (Å²) in [5.41, 5.74) is 8.40. The number of cyclic esters (lactones) is 1. The smallest absolute Gasteiger partial charge is 0.410 e. The van der Waals surface area contributed by atoms with Crippen molar-refractivity contribution in [3.05, 3.63) is 36.0 Å². The highest BCUT2D eigenvalue weighted by molar-refractivity contribution is 6.08. The minimum Gasteiger partial charge on any atom is -0.455 e. The molecule has 0 bridgehead atoms. The van der Waals surface area contributed by atoms with Crippen LogP contribution in [0.25, 0.3) is 5.70 Å². The summed E-state index contributed by atoms with van der Waals surface area (Å²) in [7, 11) is 5.05. The fourth-order valence-corrected chi connectivity index (χ4v) is 9.60. The third-order valence-electron chi connectivity index (χ3n) is 13.0. The summed E-state index contributed by atoms with van der Waals surface area (Å²) in [4.78, 5) is 60.1. The topological polar surface area (TPSA) is 194 Å². The molecule has 13 atom stereocenters. The van der Waals surface area contributed by atoms with Crippen molar-refractivity contribution in [2.24, 2.45) is 17.8 Å². The Morgan fingerprint density at radius 2 is 1.73 bits per heavy atom. The number of hydrogen-bond acceptors (Lipinski definition) is 15. The molecule has 4 aliphatic heterocycles. The van der Waals surface area contributed by atoms with Gasteiger partial charge in [0, 0.05) is 61.4 Å². The molecule has 0 aromatic heterocycles. The van der Waals surface area contributed by atoms with E-state index in [0.717, 1.165) is 18.2 Å². The van der Waals surface area contributed by atoms with Crippen LogP contribution in [0.5, 0.6) is 0 Å². The number of hydrazine groups is 2. The van der Waals surface area contributed by atoms with Crippen LogP contribution in [0.4, 0.5) is 14.9 Å². The number of ketones is 2. The van der Waals surface area contributed by atoms with Gasteiger partial charge in [-0.2, -0.15) is 0 Å². The van der Waals surface area contributed by atoms with E-state index in [1.54, 1.807) is 34.6 Å². The van der Waals surface area contributed by atoms with Gasteiger partial charge in [0.1, 0.15) is 18.0 Å². The Balaban J connectivity index is 1.44. The minimum absolute atomic E-state index is 0.00468. The van der Waals surface area contributed by atoms with Gasteiger partial charge in [-0.25, -0.2) is 14.0 Å². The van der Waals surface area contributed by atoms with Crippen molar-refractivity contribution in [1.29, 1.82) is 0 Å². The molecule has 17 heteroatoms. The molecule has 5 N–H and O–H groups in total. The molecule has 3 saturated heterocycles. The molecule has 0 radical (unpaired) electrons. The number of carbonyl (C=O) groups is 4. The first kappa shape index (κ1) is 47.2. The second-order valence-corrected chi connectivity index (χ2v) is 17.9. The standard InChI is InChI=1S/C43H67FN6O10/c1-12-32-43(8)35(50(40(55)60-43)19-14-13-18-49-23-30(46-47-49)28-16-15-17-29(45)21-28)26(4)33(51)24(2)22-41(6,56-11)37(27(5)36(53)42(7,44)39(54)58-32)59-38-34(52)31(48(9)10)20-25(3)57-38/h15-17,21,23-27,31-32,34-35,37-38,46-47,52H,12-14,18-20,22,45H2,1-11H3/t24-,25-,26+,27+,31+,32-,34-,35?,37-,38?,41+,42+,43-/m1/s1. The molecule has 1 aromatic carbocycles. The molecule has 16 nitrogen and oxygen atoms in total. The maximum Gasteiger partial charge on any atom is 0.410 e. The summed E-state index contributed by atoms with van der Waals surface area (Å²) in [5.74, 6) is -5.81. The first-order valence-corrected chi connectivity index (χ1v) is 21.1. The van der Waals surface area contributed by atoms with Gasteiger partial charge in [0.2, 0.25) is 0 Å². The highest BCUT2D eigenvalue weighted by Crippen LogP contribution is 2.44. The Hall–Kier alpha value is -3.87. The van der Waals surface area contributed by atoms with Crippen LogP contribution >= 0.6 is 0 Å². The lowest BCUT2D eigenvalue weighted by molar-refractivity contribution is -0.295. The van der Waals surface area contributed by atoms with Crippen molar-refractivity contribution in [2.75, 3.05) is 40.0 Å². The fourth-order valence-electron chi connectivity index (χ4n) is 9.60. The molecule has 1 amide bonds. The Bertz CT molecular complexity index is 1770. The number of hydrogen-bond donors (Lipinski definition) is 4. The first-order valence-electron chi connectivity index (χ1n) is 21.1. The quantitative estimate of drug-likeness (QED) is 0.108. The predicted molar refractivity (Wildman–Crippen MR) is 221 cm³/mol. The fraction of sp³-hybridized carbons (Fsp3) is 0.721. The van der Waals surface area contributed by atoms with E-state index in [0.29, 0.717) is 31.5 Å². The molecule has 2 unspecified atom stereocenters. The van der Waals surface area contributed by atoms with Crippen molar-refractivity contribution in [1.82, 2.24) is 25.8 Å². The van der Waals surface area contributed by atoms with Gasteiger partial charge in [-0.15, -0.1) is 5.53 Å². The number of anilines is 1. The normalized spacial score (nSPS) is 38.3. The summed E-state index contributed by atoms with van der Waals surface area (Å²) >= 11 is 0. The second kappa shape index (κ2) is 18.6. The molecule has 4 aliphatic rings. The van der Waals surface area contributed by atoms with Crippen LogP contribution in [0.15, 0.2) is 30.5 Å². The van der Waals surface area contributed by atoms with Crippen molar-refractivity contribution in [3.8, 4) is 0 Å². The number of alkyl halides is 1. The van der Waals surface area contributed by atoms with E-state index >= 15 is 4.39 Å². The van der Waals surface area contributed by atoms with Crippen LogP contribution in [-0.4, -0.2) is 137 Å². The van der Waals surface area contributed by atoms with E-state index in [1.165, 1.54) is 18.9 Å². The van der Waals surface area contributed by atoms with Crippen molar-refractivity contribution >= 4 is 35.0 Å². The molecule has 0 spiro atoms. The number of aliphatic hydroxyl groups excluding tert-OH is 1. The lowest BCUT2D eigenvalue weighted by atomic mass is 9.73. The highest BCUT2D eigenvalue weighted by Gasteiger charge is 2.61. The van der Waals surface area contributed by atoms with Gasteiger partial charge in [0.15, 0.2) is 17.7 Å². The summed E-state index contributed by atoms with van der Waals surface area (Å²) in [6.07, 6.45) is -2.32. The number of unbranched alkanes of at least 4 members (excludes halogenated alkanes) is 1. The van der Waals surface area contributed by atoms with Crippen LogP contribution in [0.1, 0.15) is 93.1 Å². The van der Waals surface area contributed by atoms with Gasteiger partial charge in [-0.3, -0.25) is 14.6 Å². The number of nitrogens with two attached hydrogens (primary N) is 1. The average molecular weight is 847 g/mol. The Labute approximate surface area is 353 Å². The molecule has 0 aliphatic carbocycles. The number of halogens is 1. The summed E-state index contributed by atoms with van der Waals surface area (Å²) in [6.45, 7) is 13.3. The maximum absolute atomic E-state index is 16.9. The molecule has 336 valence electrons. The van der Waals surface area contributed by atoms with Gasteiger partial charge in [0.05, 0.1) is 29.5 Å². The molecular weight excluding hydrogens is 780 g/mol. The zero-order valence-corrected chi connectivity index (χ0v) is 37.0. The van der Waals surface area contributed by atoms with Gasteiger partial charge < -0.3 is 49.8 Å². The summed E-state index contributed by atoms with van der Waals surface area (Å²) < 4.78 is 47.5. The Morgan fingerprint density at radius 1 is 1.05 bits per heavy atom. The summed E-state index contributed by atoms with van der Waals surface area (Å²) in [5, 5.41) is 13.3. The highest BCUT2D eigenvalue weighted by atomic mass is 19.1. The SMILES string of the molecule is CC[C@H]1OC(=O)[C@@](C)(F)C(=O)[C@H](C)[C@@H](OC2O[C@H](C)C[C@H](N(C)C)[C@H]2O)[C@@](C)(OC)C[C@@H](C)C(=O)[C@H](C)C2N(CCCCN3C=C(c4cccc(N)c4)NN3)C(=O)O[C@@]21C. The van der Waals surface area contributed by atoms with Crippen LogP contribution in [-0.2, 0) is 38.1 Å². The van der Waals surface area contributed by atoms with Crippen molar-refractivity contribution in [2.45, 2.75) is 147 Å². The van der Waals surface area contributed by atoms with E-state index in [2.05, 4.69) is 11.0 Å². The minimum atomic E-state index is -3.18. The third kappa shape index (κ3) is 9.45. The van der Waals surface area contributed by atoms with E-state index in [-0.39, 0.29) is 37.3 Å². The largest absolute Gasteiger partial charge is 0.455 e. The molecule has 60 heavy (non-hydrogen) atoms. The molecule has 0 saturated carbocycles. The zero-order chi connectivity index (χ0) is 44.5. The number of aliphatic hydroxyl groups is 1. The van der Waals surface area contributed by atoms with E-state index in [1.807, 2.05) is 61.4 Å². The van der Waals surface area contributed by atoms with Crippen LogP contribution in [0.3, 0.4) is 0 Å². The first-order chi connectivity index (χ1) is 28.1. The number of rotatable bonds is 11. The van der Waals surface area contributed by atoms with Gasteiger partial charge >= 0.3 is 12.1 Å². The summed E-state index contributed by atoms with van der Waals surface area (Å²) in [6, 6.07) is 6.20. The molecule has 3 fully saturated rings. The van der Waals surface area contributed by atoms with E-state index in [9.17, 15) is 24.3 Å². The second-order valence-electron chi connectivity index (χ2n) is 17.9. The van der Waals surface area contributed by atoms with Gasteiger partial charge in [-0.1, -0.05) is 39.8 Å². The van der Waals surface area contributed by atoms with Gasteiger partial charge in [-0.05, 0) is 86.0 Å². The lowest BCUT2D eigenvalue weighted by Gasteiger charge is -2.47. The van der Waals surface area contributed by atoms with Crippen LogP contribution in [0, 0.1) is 17.8 Å². The molecular formula is C43H67FN6O10. The number of likely N-dealkylation sites (N-methyl/N-ethyl adjacent to an activating group) is 1. The van der Waals surface area contributed by atoms with Crippen LogP contribution < -0.4 is 16.7 Å². The number of Topliss-reactive ketones (excluding diaryl/α,β-unsaturated/α-hetero) is 2. The predicted octanol–water partition coefficient (Wildman–Crippen LogP) is 3.97.